The van der Waals surface area contributed by atoms with E-state index < -0.39 is 18.2 Å². The summed E-state index contributed by atoms with van der Waals surface area (Å²) >= 11 is 0. The largest absolute Gasteiger partial charge is 0.479 e. The predicted molar refractivity (Wildman–Crippen MR) is 65.1 cm³/mol. The number of carbonyl (C=O) groups excluding carboxylic acids is 1. The Morgan fingerprint density at radius 1 is 1.33 bits per heavy atom. The van der Waals surface area contributed by atoms with Gasteiger partial charge in [0.25, 0.3) is 0 Å². The second-order valence-electron chi connectivity index (χ2n) is 5.45. The summed E-state index contributed by atoms with van der Waals surface area (Å²) in [5, 5.41) is 11.7. The first kappa shape index (κ1) is 13.3. The highest BCUT2D eigenvalue weighted by Crippen LogP contribution is 2.43. The number of carbonyl (C=O) groups is 2. The Kier molecular flexibility index (Phi) is 3.90. The van der Waals surface area contributed by atoms with Crippen LogP contribution in [0.25, 0.3) is 0 Å². The van der Waals surface area contributed by atoms with Crippen molar-refractivity contribution in [3.63, 3.8) is 0 Å². The lowest BCUT2D eigenvalue weighted by Crippen LogP contribution is -2.45. The van der Waals surface area contributed by atoms with E-state index in [4.69, 9.17) is 9.84 Å². The highest BCUT2D eigenvalue weighted by Gasteiger charge is 2.38. The average Bonchev–Trinajstić information content (AvgIpc) is 2.77. The first-order valence-corrected chi connectivity index (χ1v) is 6.72. The van der Waals surface area contributed by atoms with Crippen molar-refractivity contribution in [3.05, 3.63) is 0 Å². The highest BCUT2D eigenvalue weighted by atomic mass is 16.5. The molecule has 2 rings (SSSR count). The van der Waals surface area contributed by atoms with Crippen LogP contribution in [0.1, 0.15) is 45.4 Å². The fourth-order valence-corrected chi connectivity index (χ4v) is 2.73. The van der Waals surface area contributed by atoms with Crippen LogP contribution in [0.3, 0.4) is 0 Å². The van der Waals surface area contributed by atoms with Gasteiger partial charge in [0.1, 0.15) is 6.10 Å². The molecule has 2 unspecified atom stereocenters. The minimum Gasteiger partial charge on any atom is -0.479 e. The van der Waals surface area contributed by atoms with Gasteiger partial charge in [-0.1, -0.05) is 13.3 Å². The minimum absolute atomic E-state index is 0.154. The fraction of sp³-hybridized carbons (Fsp3) is 0.846. The Balaban J connectivity index is 1.77. The zero-order valence-corrected chi connectivity index (χ0v) is 10.8. The summed E-state index contributed by atoms with van der Waals surface area (Å²) < 4.78 is 5.22. The average molecular weight is 255 g/mol. The molecule has 102 valence electrons. The Bertz CT molecular complexity index is 332. The Labute approximate surface area is 107 Å². The SMILES string of the molecule is CCC1(CNC(=O)C2CCC(C(=O)O)O2)CCC1. The number of aliphatic carboxylic acids is 1. The summed E-state index contributed by atoms with van der Waals surface area (Å²) in [6.07, 6.45) is 4.19. The topological polar surface area (TPSA) is 75.6 Å². The zero-order valence-electron chi connectivity index (χ0n) is 10.8. The second kappa shape index (κ2) is 5.26. The van der Waals surface area contributed by atoms with E-state index >= 15 is 0 Å². The lowest BCUT2D eigenvalue weighted by Gasteiger charge is -2.41. The third kappa shape index (κ3) is 2.66. The molecule has 1 saturated carbocycles. The summed E-state index contributed by atoms with van der Waals surface area (Å²) in [6.45, 7) is 2.85. The zero-order chi connectivity index (χ0) is 13.2. The van der Waals surface area contributed by atoms with Gasteiger partial charge in [0.15, 0.2) is 6.10 Å². The van der Waals surface area contributed by atoms with Gasteiger partial charge in [-0.3, -0.25) is 4.79 Å². The van der Waals surface area contributed by atoms with Crippen molar-refractivity contribution in [2.24, 2.45) is 5.41 Å². The van der Waals surface area contributed by atoms with Gasteiger partial charge in [-0.15, -0.1) is 0 Å². The highest BCUT2D eigenvalue weighted by molar-refractivity contribution is 5.82. The van der Waals surface area contributed by atoms with Gasteiger partial charge in [0.2, 0.25) is 5.91 Å². The second-order valence-corrected chi connectivity index (χ2v) is 5.45. The van der Waals surface area contributed by atoms with Crippen LogP contribution in [0.15, 0.2) is 0 Å². The van der Waals surface area contributed by atoms with Gasteiger partial charge in [-0.05, 0) is 37.5 Å². The molecule has 2 atom stereocenters. The molecule has 2 aliphatic rings. The molecule has 5 heteroatoms. The van der Waals surface area contributed by atoms with Crippen molar-refractivity contribution >= 4 is 11.9 Å². The van der Waals surface area contributed by atoms with Gasteiger partial charge in [0.05, 0.1) is 0 Å². The monoisotopic (exact) mass is 255 g/mol. The summed E-state index contributed by atoms with van der Waals surface area (Å²) in [5.41, 5.74) is 0.278. The number of hydrogen-bond donors (Lipinski definition) is 2. The summed E-state index contributed by atoms with van der Waals surface area (Å²) in [6, 6.07) is 0. The Morgan fingerprint density at radius 3 is 2.44 bits per heavy atom. The number of nitrogens with one attached hydrogen (secondary N) is 1. The Hall–Kier alpha value is -1.10. The van der Waals surface area contributed by atoms with Crippen molar-refractivity contribution in [2.75, 3.05) is 6.54 Å². The van der Waals surface area contributed by atoms with E-state index in [-0.39, 0.29) is 11.3 Å². The van der Waals surface area contributed by atoms with Crippen LogP contribution in [-0.2, 0) is 14.3 Å². The van der Waals surface area contributed by atoms with Crippen LogP contribution >= 0.6 is 0 Å². The maximum absolute atomic E-state index is 11.9. The maximum Gasteiger partial charge on any atom is 0.332 e. The molecule has 0 aromatic carbocycles. The molecule has 5 nitrogen and oxygen atoms in total. The van der Waals surface area contributed by atoms with Crippen molar-refractivity contribution in [3.8, 4) is 0 Å². The minimum atomic E-state index is -0.977. The van der Waals surface area contributed by atoms with E-state index in [1.54, 1.807) is 0 Å². The molecule has 18 heavy (non-hydrogen) atoms. The number of ether oxygens (including phenoxy) is 1. The van der Waals surface area contributed by atoms with E-state index in [1.165, 1.54) is 19.3 Å². The van der Waals surface area contributed by atoms with E-state index in [0.29, 0.717) is 19.4 Å². The van der Waals surface area contributed by atoms with Crippen molar-refractivity contribution in [2.45, 2.75) is 57.7 Å². The van der Waals surface area contributed by atoms with E-state index in [9.17, 15) is 9.59 Å². The predicted octanol–water partition coefficient (Wildman–Crippen LogP) is 1.32. The van der Waals surface area contributed by atoms with Crippen molar-refractivity contribution < 1.29 is 19.4 Å². The molecule has 0 radical (unpaired) electrons. The Morgan fingerprint density at radius 2 is 2.00 bits per heavy atom. The molecule has 0 bridgehead atoms. The molecule has 0 spiro atoms. The first-order valence-electron chi connectivity index (χ1n) is 6.72. The van der Waals surface area contributed by atoms with Gasteiger partial charge in [-0.25, -0.2) is 4.79 Å². The smallest absolute Gasteiger partial charge is 0.332 e. The summed E-state index contributed by atoms with van der Waals surface area (Å²) in [7, 11) is 0. The first-order chi connectivity index (χ1) is 8.56. The lowest BCUT2D eigenvalue weighted by atomic mass is 9.67. The number of carboxylic acids is 1. The van der Waals surface area contributed by atoms with E-state index in [1.807, 2.05) is 0 Å². The molecule has 1 aliphatic heterocycles. The molecule has 2 N–H and O–H groups in total. The molecule has 2 fully saturated rings. The molecule has 1 saturated heterocycles. The van der Waals surface area contributed by atoms with Gasteiger partial charge in [0, 0.05) is 6.54 Å². The molecule has 0 aromatic heterocycles. The van der Waals surface area contributed by atoms with Crippen LogP contribution in [0.4, 0.5) is 0 Å². The number of hydrogen-bond acceptors (Lipinski definition) is 3. The van der Waals surface area contributed by atoms with Gasteiger partial charge in [-0.2, -0.15) is 0 Å². The summed E-state index contributed by atoms with van der Waals surface area (Å²) in [4.78, 5) is 22.6. The number of rotatable bonds is 5. The third-order valence-electron chi connectivity index (χ3n) is 4.39. The molecular formula is C13H21NO4. The van der Waals surface area contributed by atoms with Crippen LogP contribution in [-0.4, -0.2) is 35.7 Å². The third-order valence-corrected chi connectivity index (χ3v) is 4.39. The van der Waals surface area contributed by atoms with Crippen LogP contribution in [0.2, 0.25) is 0 Å². The van der Waals surface area contributed by atoms with Gasteiger partial charge < -0.3 is 15.2 Å². The molecule has 1 heterocycles. The molecular weight excluding hydrogens is 234 g/mol. The van der Waals surface area contributed by atoms with Crippen molar-refractivity contribution in [1.82, 2.24) is 5.32 Å². The molecule has 0 aromatic rings. The fourth-order valence-electron chi connectivity index (χ4n) is 2.73. The van der Waals surface area contributed by atoms with Crippen LogP contribution < -0.4 is 5.32 Å². The standard InChI is InChI=1S/C13H21NO4/c1-2-13(6-3-7-13)8-14-11(15)9-4-5-10(18-9)12(16)17/h9-10H,2-8H2,1H3,(H,14,15)(H,16,17). The van der Waals surface area contributed by atoms with Crippen LogP contribution in [0, 0.1) is 5.41 Å². The number of amides is 1. The lowest BCUT2D eigenvalue weighted by molar-refractivity contribution is -0.152. The number of carboxylic acid groups (broad SMARTS) is 1. The van der Waals surface area contributed by atoms with Crippen molar-refractivity contribution in [1.29, 1.82) is 0 Å². The maximum atomic E-state index is 11.9. The quantitative estimate of drug-likeness (QED) is 0.776. The van der Waals surface area contributed by atoms with E-state index in [2.05, 4.69) is 12.2 Å². The van der Waals surface area contributed by atoms with Crippen LogP contribution in [0.5, 0.6) is 0 Å². The normalized spacial score (nSPS) is 29.6. The summed E-state index contributed by atoms with van der Waals surface area (Å²) in [5.74, 6) is -1.13. The van der Waals surface area contributed by atoms with E-state index in [0.717, 1.165) is 6.42 Å². The molecule has 1 amide bonds. The molecule has 1 aliphatic carbocycles. The van der Waals surface area contributed by atoms with Gasteiger partial charge >= 0.3 is 5.97 Å².